The standard InChI is InChI=1S/C20H26N4O5S/c1-20(2,3)23-19(26)29-11-6-4-5-10-17(25)22-18-21-16(13-30-18)14-8-7-9-15(12-14)24(27)28/h7-9,12-13H,4-6,10-11H2,1-3H3,(H,23,26)(H,21,22,25). The Bertz CT molecular complexity index is 891. The van der Waals surface area contributed by atoms with Crippen LogP contribution in [-0.4, -0.2) is 34.1 Å². The lowest BCUT2D eigenvalue weighted by Gasteiger charge is -2.19. The van der Waals surface area contributed by atoms with Crippen LogP contribution < -0.4 is 10.6 Å². The SMILES string of the molecule is CC(C)(C)NC(=O)OCCCCCC(=O)Nc1nc(-c2cccc([N+](=O)[O-])c2)cs1. The normalized spacial score (nSPS) is 11.0. The molecule has 0 spiro atoms. The fourth-order valence-corrected chi connectivity index (χ4v) is 3.23. The quantitative estimate of drug-likeness (QED) is 0.334. The number of carbonyl (C=O) groups excluding carboxylic acids is 2. The summed E-state index contributed by atoms with van der Waals surface area (Å²) < 4.78 is 5.09. The Hall–Kier alpha value is -3.01. The van der Waals surface area contributed by atoms with Crippen molar-refractivity contribution in [1.29, 1.82) is 0 Å². The number of thiazole rings is 1. The molecule has 0 aliphatic heterocycles. The summed E-state index contributed by atoms with van der Waals surface area (Å²) in [5.41, 5.74) is 0.854. The van der Waals surface area contributed by atoms with E-state index in [-0.39, 0.29) is 17.1 Å². The zero-order valence-corrected chi connectivity index (χ0v) is 18.1. The smallest absolute Gasteiger partial charge is 0.407 e. The minimum atomic E-state index is -0.458. The third-order valence-electron chi connectivity index (χ3n) is 3.86. The number of carbonyl (C=O) groups is 2. The number of non-ortho nitro benzene ring substituents is 1. The van der Waals surface area contributed by atoms with Crippen molar-refractivity contribution in [2.45, 2.75) is 52.0 Å². The van der Waals surface area contributed by atoms with Crippen LogP contribution in [0.3, 0.4) is 0 Å². The van der Waals surface area contributed by atoms with Gasteiger partial charge >= 0.3 is 6.09 Å². The molecule has 2 N–H and O–H groups in total. The van der Waals surface area contributed by atoms with Crippen molar-refractivity contribution in [3.8, 4) is 11.3 Å². The van der Waals surface area contributed by atoms with Gasteiger partial charge in [0.1, 0.15) is 0 Å². The molecule has 0 atom stereocenters. The molecule has 2 aromatic rings. The Morgan fingerprint density at radius 2 is 2.00 bits per heavy atom. The Labute approximate surface area is 179 Å². The molecule has 0 aliphatic carbocycles. The second-order valence-electron chi connectivity index (χ2n) is 7.72. The number of hydrogen-bond donors (Lipinski definition) is 2. The zero-order chi connectivity index (χ0) is 22.1. The van der Waals surface area contributed by atoms with Gasteiger partial charge in [-0.2, -0.15) is 0 Å². The summed E-state index contributed by atoms with van der Waals surface area (Å²) in [4.78, 5) is 38.4. The van der Waals surface area contributed by atoms with Crippen LogP contribution in [0.2, 0.25) is 0 Å². The zero-order valence-electron chi connectivity index (χ0n) is 17.3. The van der Waals surface area contributed by atoms with Crippen LogP contribution in [-0.2, 0) is 9.53 Å². The Morgan fingerprint density at radius 1 is 1.23 bits per heavy atom. The highest BCUT2D eigenvalue weighted by atomic mass is 32.1. The van der Waals surface area contributed by atoms with Crippen molar-refractivity contribution >= 4 is 34.2 Å². The van der Waals surface area contributed by atoms with E-state index in [1.54, 1.807) is 17.5 Å². The maximum Gasteiger partial charge on any atom is 0.407 e. The first-order valence-corrected chi connectivity index (χ1v) is 10.5. The number of hydrogen-bond acceptors (Lipinski definition) is 7. The van der Waals surface area contributed by atoms with Gasteiger partial charge in [-0.3, -0.25) is 14.9 Å². The molecular formula is C20H26N4O5S. The number of benzene rings is 1. The molecule has 0 aliphatic rings. The van der Waals surface area contributed by atoms with E-state index in [0.717, 1.165) is 6.42 Å². The van der Waals surface area contributed by atoms with Gasteiger partial charge in [0.25, 0.3) is 5.69 Å². The van der Waals surface area contributed by atoms with Crippen molar-refractivity contribution in [2.75, 3.05) is 11.9 Å². The summed E-state index contributed by atoms with van der Waals surface area (Å²) in [7, 11) is 0. The molecule has 0 saturated heterocycles. The highest BCUT2D eigenvalue weighted by Gasteiger charge is 2.14. The first kappa shape index (κ1) is 23.3. The number of anilines is 1. The molecule has 0 unspecified atom stereocenters. The predicted molar refractivity (Wildman–Crippen MR) is 116 cm³/mol. The summed E-state index contributed by atoms with van der Waals surface area (Å²) in [5, 5.41) is 18.5. The minimum Gasteiger partial charge on any atom is -0.450 e. The molecule has 2 rings (SSSR count). The maximum atomic E-state index is 12.1. The van der Waals surface area contributed by atoms with Crippen molar-refractivity contribution < 1.29 is 19.2 Å². The lowest BCUT2D eigenvalue weighted by atomic mass is 10.1. The lowest BCUT2D eigenvalue weighted by Crippen LogP contribution is -2.41. The fraction of sp³-hybridized carbons (Fsp3) is 0.450. The van der Waals surface area contributed by atoms with Crippen LogP contribution in [0.4, 0.5) is 15.6 Å². The van der Waals surface area contributed by atoms with Gasteiger partial charge in [0.05, 0.1) is 17.2 Å². The summed E-state index contributed by atoms with van der Waals surface area (Å²) in [6, 6.07) is 6.20. The van der Waals surface area contributed by atoms with E-state index in [2.05, 4.69) is 15.6 Å². The number of amides is 2. The number of ether oxygens (including phenoxy) is 1. The van der Waals surface area contributed by atoms with Gasteiger partial charge in [-0.1, -0.05) is 12.1 Å². The Morgan fingerprint density at radius 3 is 2.70 bits per heavy atom. The lowest BCUT2D eigenvalue weighted by molar-refractivity contribution is -0.384. The second kappa shape index (κ2) is 10.7. The average molecular weight is 435 g/mol. The third-order valence-corrected chi connectivity index (χ3v) is 4.62. The van der Waals surface area contributed by atoms with Crippen molar-refractivity contribution in [2.24, 2.45) is 0 Å². The van der Waals surface area contributed by atoms with E-state index in [1.165, 1.54) is 23.5 Å². The summed E-state index contributed by atoms with van der Waals surface area (Å²) >= 11 is 1.26. The van der Waals surface area contributed by atoms with Gasteiger partial charge in [0.15, 0.2) is 5.13 Å². The molecule has 0 radical (unpaired) electrons. The van der Waals surface area contributed by atoms with E-state index >= 15 is 0 Å². The molecule has 1 aromatic heterocycles. The summed E-state index contributed by atoms with van der Waals surface area (Å²) in [6.07, 6.45) is 1.99. The van der Waals surface area contributed by atoms with Crippen LogP contribution in [0, 0.1) is 10.1 Å². The van der Waals surface area contributed by atoms with E-state index < -0.39 is 11.0 Å². The molecule has 0 saturated carbocycles. The first-order valence-electron chi connectivity index (χ1n) is 9.59. The van der Waals surface area contributed by atoms with Gasteiger partial charge in [0, 0.05) is 35.0 Å². The highest BCUT2D eigenvalue weighted by Crippen LogP contribution is 2.27. The van der Waals surface area contributed by atoms with Crippen LogP contribution in [0.1, 0.15) is 46.5 Å². The number of aromatic nitrogens is 1. The van der Waals surface area contributed by atoms with Gasteiger partial charge in [-0.05, 0) is 40.0 Å². The number of nitrogens with one attached hydrogen (secondary N) is 2. The molecule has 162 valence electrons. The van der Waals surface area contributed by atoms with E-state index in [9.17, 15) is 19.7 Å². The molecule has 2 amide bonds. The van der Waals surface area contributed by atoms with Crippen LogP contribution in [0.5, 0.6) is 0 Å². The molecule has 0 bridgehead atoms. The second-order valence-corrected chi connectivity index (χ2v) is 8.57. The van der Waals surface area contributed by atoms with Crippen molar-refractivity contribution in [3.63, 3.8) is 0 Å². The summed E-state index contributed by atoms with van der Waals surface area (Å²) in [5.74, 6) is -0.152. The third kappa shape index (κ3) is 8.16. The highest BCUT2D eigenvalue weighted by molar-refractivity contribution is 7.14. The van der Waals surface area contributed by atoms with Gasteiger partial charge in [-0.25, -0.2) is 9.78 Å². The Kier molecular flexibility index (Phi) is 8.28. The van der Waals surface area contributed by atoms with Gasteiger partial charge in [-0.15, -0.1) is 11.3 Å². The molecular weight excluding hydrogens is 408 g/mol. The van der Waals surface area contributed by atoms with Crippen molar-refractivity contribution in [3.05, 3.63) is 39.8 Å². The number of nitro groups is 1. The Balaban J connectivity index is 1.69. The topological polar surface area (TPSA) is 123 Å². The summed E-state index contributed by atoms with van der Waals surface area (Å²) in [6.45, 7) is 5.94. The first-order chi connectivity index (χ1) is 14.1. The van der Waals surface area contributed by atoms with Gasteiger partial charge < -0.3 is 15.4 Å². The molecule has 1 aromatic carbocycles. The minimum absolute atomic E-state index is 0.00838. The predicted octanol–water partition coefficient (Wildman–Crippen LogP) is 4.74. The van der Waals surface area contributed by atoms with Crippen LogP contribution in [0.25, 0.3) is 11.3 Å². The number of nitro benzene ring substituents is 1. The average Bonchev–Trinajstić information content (AvgIpc) is 3.11. The molecule has 10 heteroatoms. The van der Waals surface area contributed by atoms with E-state index in [0.29, 0.717) is 42.3 Å². The van der Waals surface area contributed by atoms with E-state index in [4.69, 9.17) is 4.74 Å². The van der Waals surface area contributed by atoms with Crippen LogP contribution in [0.15, 0.2) is 29.6 Å². The van der Waals surface area contributed by atoms with Crippen LogP contribution >= 0.6 is 11.3 Å². The molecule has 0 fully saturated rings. The van der Waals surface area contributed by atoms with Gasteiger partial charge in [0.2, 0.25) is 5.91 Å². The monoisotopic (exact) mass is 434 g/mol. The number of nitrogens with zero attached hydrogens (tertiary/aromatic N) is 2. The number of rotatable bonds is 9. The fourth-order valence-electron chi connectivity index (χ4n) is 2.50. The molecule has 30 heavy (non-hydrogen) atoms. The van der Waals surface area contributed by atoms with E-state index in [1.807, 2.05) is 20.8 Å². The largest absolute Gasteiger partial charge is 0.450 e. The molecule has 9 nitrogen and oxygen atoms in total. The van der Waals surface area contributed by atoms with Crippen molar-refractivity contribution in [1.82, 2.24) is 10.3 Å². The number of unbranched alkanes of at least 4 members (excludes halogenated alkanes) is 2. The maximum absolute atomic E-state index is 12.1. The number of alkyl carbamates (subject to hydrolysis) is 1. The molecule has 1 heterocycles.